The molecule has 1 heterocycles. The van der Waals surface area contributed by atoms with Crippen molar-refractivity contribution in [2.45, 2.75) is 13.0 Å². The molecule has 2 N–H and O–H groups in total. The van der Waals surface area contributed by atoms with Crippen LogP contribution in [0.5, 0.6) is 0 Å². The summed E-state index contributed by atoms with van der Waals surface area (Å²) < 4.78 is 29.9. The van der Waals surface area contributed by atoms with Gasteiger partial charge in [0.15, 0.2) is 0 Å². The Bertz CT molecular complexity index is 576. The monoisotopic (exact) mass is 284 g/mol. The number of benzene rings is 1. The quantitative estimate of drug-likeness (QED) is 0.910. The van der Waals surface area contributed by atoms with E-state index in [1.165, 1.54) is 12.3 Å². The second-order valence-corrected chi connectivity index (χ2v) is 4.55. The number of aromatic nitrogens is 2. The molecule has 0 aliphatic carbocycles. The fourth-order valence-electron chi connectivity index (χ4n) is 1.50. The predicted octanol–water partition coefficient (Wildman–Crippen LogP) is 2.70. The van der Waals surface area contributed by atoms with Gasteiger partial charge in [0.05, 0.1) is 12.2 Å². The minimum absolute atomic E-state index is 0.207. The summed E-state index contributed by atoms with van der Waals surface area (Å²) in [5.74, 6) is -1.36. The standard InChI is InChI=1S/C11H10F2N4OS/c1-6(8-3-2-7(12)4-9(8)13)15-11(18)16-10-5-14-17-19-10/h2-6H,1H3,(H2,15,16,18)/t6-/m1/s1. The van der Waals surface area contributed by atoms with E-state index in [0.29, 0.717) is 5.00 Å². The highest BCUT2D eigenvalue weighted by Crippen LogP contribution is 2.18. The number of nitrogens with zero attached hydrogens (tertiary/aromatic N) is 2. The Morgan fingerprint density at radius 3 is 2.84 bits per heavy atom. The van der Waals surface area contributed by atoms with Gasteiger partial charge in [-0.15, -0.1) is 5.10 Å². The van der Waals surface area contributed by atoms with Gasteiger partial charge in [0.1, 0.15) is 16.6 Å². The first-order valence-electron chi connectivity index (χ1n) is 5.36. The molecule has 0 aliphatic heterocycles. The molecule has 19 heavy (non-hydrogen) atoms. The van der Waals surface area contributed by atoms with Crippen LogP contribution < -0.4 is 10.6 Å². The van der Waals surface area contributed by atoms with Gasteiger partial charge in [-0.3, -0.25) is 5.32 Å². The molecular weight excluding hydrogens is 274 g/mol. The zero-order valence-electron chi connectivity index (χ0n) is 9.85. The van der Waals surface area contributed by atoms with Crippen molar-refractivity contribution in [2.24, 2.45) is 0 Å². The number of hydrogen-bond donors (Lipinski definition) is 2. The zero-order valence-corrected chi connectivity index (χ0v) is 10.7. The maximum atomic E-state index is 13.5. The lowest BCUT2D eigenvalue weighted by atomic mass is 10.1. The summed E-state index contributed by atoms with van der Waals surface area (Å²) in [7, 11) is 0. The molecule has 0 saturated carbocycles. The summed E-state index contributed by atoms with van der Waals surface area (Å²) in [6, 6.07) is 2.10. The van der Waals surface area contributed by atoms with Crippen LogP contribution in [-0.2, 0) is 0 Å². The van der Waals surface area contributed by atoms with E-state index in [9.17, 15) is 13.6 Å². The van der Waals surface area contributed by atoms with Gasteiger partial charge < -0.3 is 5.32 Å². The molecule has 2 aromatic rings. The van der Waals surface area contributed by atoms with Gasteiger partial charge in [-0.2, -0.15) is 0 Å². The Morgan fingerprint density at radius 1 is 1.42 bits per heavy atom. The van der Waals surface area contributed by atoms with Gasteiger partial charge in [-0.1, -0.05) is 10.6 Å². The lowest BCUT2D eigenvalue weighted by Crippen LogP contribution is -2.31. The molecule has 8 heteroatoms. The second-order valence-electron chi connectivity index (χ2n) is 3.77. The molecule has 0 fully saturated rings. The van der Waals surface area contributed by atoms with Crippen molar-refractivity contribution in [1.82, 2.24) is 14.9 Å². The topological polar surface area (TPSA) is 66.9 Å². The van der Waals surface area contributed by atoms with E-state index in [0.717, 1.165) is 23.7 Å². The van der Waals surface area contributed by atoms with Crippen LogP contribution >= 0.6 is 11.5 Å². The minimum atomic E-state index is -0.702. The number of halogens is 2. The first kappa shape index (κ1) is 13.3. The number of rotatable bonds is 3. The Kier molecular flexibility index (Phi) is 4.00. The molecule has 1 atom stereocenters. The number of nitrogens with one attached hydrogen (secondary N) is 2. The molecule has 0 spiro atoms. The molecule has 5 nitrogen and oxygen atoms in total. The number of urea groups is 1. The number of anilines is 1. The first-order chi connectivity index (χ1) is 9.06. The van der Waals surface area contributed by atoms with Crippen LogP contribution in [-0.4, -0.2) is 15.6 Å². The molecule has 2 amide bonds. The van der Waals surface area contributed by atoms with Gasteiger partial charge in [-0.05, 0) is 13.0 Å². The van der Waals surface area contributed by atoms with Crippen molar-refractivity contribution in [2.75, 3.05) is 5.32 Å². The second kappa shape index (κ2) is 5.70. The highest BCUT2D eigenvalue weighted by atomic mass is 32.1. The number of carbonyl (C=O) groups excluding carboxylic acids is 1. The maximum Gasteiger partial charge on any atom is 0.320 e. The third-order valence-electron chi connectivity index (χ3n) is 2.37. The molecule has 2 rings (SSSR count). The molecular formula is C11H10F2N4OS. The molecule has 1 aromatic heterocycles. The van der Waals surface area contributed by atoms with Gasteiger partial charge >= 0.3 is 6.03 Å². The molecule has 0 bridgehead atoms. The average Bonchev–Trinajstić information content (AvgIpc) is 2.81. The lowest BCUT2D eigenvalue weighted by molar-refractivity contribution is 0.249. The van der Waals surface area contributed by atoms with Crippen molar-refractivity contribution in [1.29, 1.82) is 0 Å². The van der Waals surface area contributed by atoms with Crippen LogP contribution in [0.1, 0.15) is 18.5 Å². The fourth-order valence-corrected chi connectivity index (χ4v) is 1.91. The van der Waals surface area contributed by atoms with E-state index < -0.39 is 23.7 Å². The van der Waals surface area contributed by atoms with E-state index in [1.54, 1.807) is 6.92 Å². The van der Waals surface area contributed by atoms with Crippen LogP contribution in [0.15, 0.2) is 24.4 Å². The van der Waals surface area contributed by atoms with Crippen LogP contribution in [0, 0.1) is 11.6 Å². The molecule has 100 valence electrons. The van der Waals surface area contributed by atoms with Crippen molar-refractivity contribution >= 4 is 22.6 Å². The number of amides is 2. The maximum absolute atomic E-state index is 13.5. The van der Waals surface area contributed by atoms with Crippen LogP contribution in [0.4, 0.5) is 18.6 Å². The van der Waals surface area contributed by atoms with Gasteiger partial charge in [0.25, 0.3) is 0 Å². The highest BCUT2D eigenvalue weighted by Gasteiger charge is 2.14. The van der Waals surface area contributed by atoms with E-state index in [2.05, 4.69) is 20.2 Å². The van der Waals surface area contributed by atoms with Crippen LogP contribution in [0.3, 0.4) is 0 Å². The molecule has 0 saturated heterocycles. The molecule has 0 unspecified atom stereocenters. The lowest BCUT2D eigenvalue weighted by Gasteiger charge is -2.15. The van der Waals surface area contributed by atoms with Crippen molar-refractivity contribution in [3.63, 3.8) is 0 Å². The normalized spacial score (nSPS) is 11.9. The van der Waals surface area contributed by atoms with Gasteiger partial charge in [-0.25, -0.2) is 13.6 Å². The largest absolute Gasteiger partial charge is 0.331 e. The van der Waals surface area contributed by atoms with Gasteiger partial charge in [0.2, 0.25) is 0 Å². The number of hydrogen-bond acceptors (Lipinski definition) is 4. The first-order valence-corrected chi connectivity index (χ1v) is 6.13. The van der Waals surface area contributed by atoms with Gasteiger partial charge in [0, 0.05) is 23.2 Å². The third kappa shape index (κ3) is 3.44. The Morgan fingerprint density at radius 2 is 2.21 bits per heavy atom. The smallest absolute Gasteiger partial charge is 0.320 e. The van der Waals surface area contributed by atoms with E-state index in [4.69, 9.17) is 0 Å². The van der Waals surface area contributed by atoms with Crippen LogP contribution in [0.2, 0.25) is 0 Å². The minimum Gasteiger partial charge on any atom is -0.331 e. The average molecular weight is 284 g/mol. The van der Waals surface area contributed by atoms with Crippen molar-refractivity contribution in [3.8, 4) is 0 Å². The summed E-state index contributed by atoms with van der Waals surface area (Å²) in [5, 5.41) is 9.07. The SMILES string of the molecule is C[C@@H](NC(=O)Nc1cnns1)c1ccc(F)cc1F. The Labute approximate surface area is 111 Å². The molecule has 0 aliphatic rings. The predicted molar refractivity (Wildman–Crippen MR) is 66.8 cm³/mol. The zero-order chi connectivity index (χ0) is 13.8. The third-order valence-corrected chi connectivity index (χ3v) is 2.95. The summed E-state index contributed by atoms with van der Waals surface area (Å²) in [4.78, 5) is 11.6. The van der Waals surface area contributed by atoms with E-state index >= 15 is 0 Å². The Balaban J connectivity index is 2.00. The van der Waals surface area contributed by atoms with Crippen molar-refractivity contribution in [3.05, 3.63) is 41.6 Å². The summed E-state index contributed by atoms with van der Waals surface area (Å²) >= 11 is 1.02. The van der Waals surface area contributed by atoms with Crippen molar-refractivity contribution < 1.29 is 13.6 Å². The van der Waals surface area contributed by atoms with E-state index in [-0.39, 0.29) is 5.56 Å². The number of carbonyl (C=O) groups is 1. The molecule has 0 radical (unpaired) electrons. The summed E-state index contributed by atoms with van der Waals surface area (Å²) in [6.07, 6.45) is 1.40. The van der Waals surface area contributed by atoms with E-state index in [1.807, 2.05) is 0 Å². The summed E-state index contributed by atoms with van der Waals surface area (Å²) in [6.45, 7) is 1.60. The van der Waals surface area contributed by atoms with Crippen LogP contribution in [0.25, 0.3) is 0 Å². The summed E-state index contributed by atoms with van der Waals surface area (Å²) in [5.41, 5.74) is 0.207. The Hall–Kier alpha value is -2.09. The highest BCUT2D eigenvalue weighted by molar-refractivity contribution is 7.10. The molecule has 1 aromatic carbocycles. The fraction of sp³-hybridized carbons (Fsp3) is 0.182.